The predicted molar refractivity (Wildman–Crippen MR) is 77.3 cm³/mol. The summed E-state index contributed by atoms with van der Waals surface area (Å²) >= 11 is 1.70. The van der Waals surface area contributed by atoms with Crippen molar-refractivity contribution in [3.63, 3.8) is 0 Å². The number of hydrogen-bond acceptors (Lipinski definition) is 3. The van der Waals surface area contributed by atoms with E-state index in [4.69, 9.17) is 5.73 Å². The molecule has 0 aromatic carbocycles. The van der Waals surface area contributed by atoms with Crippen molar-refractivity contribution in [3.05, 3.63) is 0 Å². The van der Waals surface area contributed by atoms with E-state index in [2.05, 4.69) is 33.0 Å². The van der Waals surface area contributed by atoms with Crippen LogP contribution in [-0.2, 0) is 4.79 Å². The van der Waals surface area contributed by atoms with Gasteiger partial charge < -0.3 is 11.1 Å². The van der Waals surface area contributed by atoms with Crippen molar-refractivity contribution < 1.29 is 4.79 Å². The molecule has 0 spiro atoms. The molecule has 3 N–H and O–H groups in total. The minimum Gasteiger partial charge on any atom is -0.354 e. The Morgan fingerprint density at radius 3 is 2.41 bits per heavy atom. The van der Waals surface area contributed by atoms with E-state index in [0.29, 0.717) is 18.2 Å². The molecule has 0 unspecified atom stereocenters. The summed E-state index contributed by atoms with van der Waals surface area (Å²) in [6.07, 6.45) is 2.96. The SMILES string of the molecule is CCC(N)(CC)CNC(=O)CSCCC(C)C. The number of thioether (sulfide) groups is 1. The fourth-order valence-electron chi connectivity index (χ4n) is 1.31. The molecule has 0 aromatic heterocycles. The maximum Gasteiger partial charge on any atom is 0.230 e. The topological polar surface area (TPSA) is 55.1 Å². The Bertz CT molecular complexity index is 215. The highest BCUT2D eigenvalue weighted by Gasteiger charge is 2.20. The van der Waals surface area contributed by atoms with Crippen LogP contribution >= 0.6 is 11.8 Å². The molecule has 17 heavy (non-hydrogen) atoms. The number of nitrogens with one attached hydrogen (secondary N) is 1. The molecule has 4 heteroatoms. The number of amides is 1. The van der Waals surface area contributed by atoms with Crippen molar-refractivity contribution >= 4 is 17.7 Å². The average molecular weight is 260 g/mol. The Labute approximate surface area is 110 Å². The van der Waals surface area contributed by atoms with Gasteiger partial charge in [0, 0.05) is 12.1 Å². The number of rotatable bonds is 9. The fraction of sp³-hybridized carbons (Fsp3) is 0.923. The number of hydrogen-bond donors (Lipinski definition) is 2. The molecule has 0 fully saturated rings. The molecule has 0 aliphatic heterocycles. The standard InChI is InChI=1S/C13H28N2OS/c1-5-13(14,6-2)10-15-12(16)9-17-8-7-11(3)4/h11H,5-10,14H2,1-4H3,(H,15,16). The van der Waals surface area contributed by atoms with Gasteiger partial charge in [-0.15, -0.1) is 0 Å². The second-order valence-electron chi connectivity index (χ2n) is 5.08. The quantitative estimate of drug-likeness (QED) is 0.626. The lowest BCUT2D eigenvalue weighted by Gasteiger charge is -2.26. The summed E-state index contributed by atoms with van der Waals surface area (Å²) in [5, 5.41) is 2.93. The third-order valence-electron chi connectivity index (χ3n) is 3.12. The van der Waals surface area contributed by atoms with Crippen LogP contribution in [0.15, 0.2) is 0 Å². The maximum atomic E-state index is 11.6. The van der Waals surface area contributed by atoms with Gasteiger partial charge in [-0.05, 0) is 30.9 Å². The summed E-state index contributed by atoms with van der Waals surface area (Å²) < 4.78 is 0. The smallest absolute Gasteiger partial charge is 0.230 e. The summed E-state index contributed by atoms with van der Waals surface area (Å²) in [6, 6.07) is 0. The average Bonchev–Trinajstić information content (AvgIpc) is 2.31. The zero-order chi connectivity index (χ0) is 13.3. The summed E-state index contributed by atoms with van der Waals surface area (Å²) in [7, 11) is 0. The van der Waals surface area contributed by atoms with E-state index in [1.54, 1.807) is 11.8 Å². The predicted octanol–water partition coefficient (Wildman–Crippen LogP) is 2.40. The lowest BCUT2D eigenvalue weighted by Crippen LogP contribution is -2.49. The molecule has 0 aliphatic rings. The molecular weight excluding hydrogens is 232 g/mol. The summed E-state index contributed by atoms with van der Waals surface area (Å²) in [5.41, 5.74) is 5.88. The largest absolute Gasteiger partial charge is 0.354 e. The minimum absolute atomic E-state index is 0.107. The Balaban J connectivity index is 3.66. The molecule has 102 valence electrons. The molecule has 0 aliphatic carbocycles. The van der Waals surface area contributed by atoms with Crippen LogP contribution in [0.3, 0.4) is 0 Å². The lowest BCUT2D eigenvalue weighted by molar-refractivity contribution is -0.118. The number of nitrogens with two attached hydrogens (primary N) is 1. The zero-order valence-electron chi connectivity index (χ0n) is 11.7. The summed E-state index contributed by atoms with van der Waals surface area (Å²) in [4.78, 5) is 11.6. The van der Waals surface area contributed by atoms with Gasteiger partial charge in [0.15, 0.2) is 0 Å². The highest BCUT2D eigenvalue weighted by Crippen LogP contribution is 2.10. The van der Waals surface area contributed by atoms with Gasteiger partial charge in [-0.3, -0.25) is 4.79 Å². The van der Waals surface area contributed by atoms with Crippen LogP contribution in [0.25, 0.3) is 0 Å². The van der Waals surface area contributed by atoms with Crippen LogP contribution < -0.4 is 11.1 Å². The fourth-order valence-corrected chi connectivity index (χ4v) is 2.38. The molecule has 0 radical (unpaired) electrons. The highest BCUT2D eigenvalue weighted by atomic mass is 32.2. The van der Waals surface area contributed by atoms with Crippen LogP contribution in [0.1, 0.15) is 47.0 Å². The van der Waals surface area contributed by atoms with Crippen LogP contribution in [0.2, 0.25) is 0 Å². The van der Waals surface area contributed by atoms with E-state index in [9.17, 15) is 4.79 Å². The molecule has 1 amide bonds. The Hall–Kier alpha value is -0.220. The molecule has 0 rings (SSSR count). The van der Waals surface area contributed by atoms with Gasteiger partial charge in [-0.1, -0.05) is 27.7 Å². The molecule has 0 bridgehead atoms. The second-order valence-corrected chi connectivity index (χ2v) is 6.19. The molecule has 0 aromatic rings. The first-order valence-electron chi connectivity index (χ1n) is 6.57. The lowest BCUT2D eigenvalue weighted by atomic mass is 9.94. The van der Waals surface area contributed by atoms with E-state index in [-0.39, 0.29) is 11.4 Å². The van der Waals surface area contributed by atoms with Gasteiger partial charge in [0.1, 0.15) is 0 Å². The molecular formula is C13H28N2OS. The van der Waals surface area contributed by atoms with E-state index < -0.39 is 0 Å². The van der Waals surface area contributed by atoms with Crippen LogP contribution in [0.5, 0.6) is 0 Å². The third kappa shape index (κ3) is 8.50. The van der Waals surface area contributed by atoms with Gasteiger partial charge in [-0.25, -0.2) is 0 Å². The van der Waals surface area contributed by atoms with Crippen molar-refractivity contribution in [2.75, 3.05) is 18.1 Å². The van der Waals surface area contributed by atoms with Gasteiger partial charge in [0.25, 0.3) is 0 Å². The number of carbonyl (C=O) groups is 1. The van der Waals surface area contributed by atoms with Gasteiger partial charge in [-0.2, -0.15) is 11.8 Å². The molecule has 3 nitrogen and oxygen atoms in total. The number of carbonyl (C=O) groups excluding carboxylic acids is 1. The van der Waals surface area contributed by atoms with E-state index >= 15 is 0 Å². The second kappa shape index (κ2) is 8.81. The Morgan fingerprint density at radius 1 is 1.35 bits per heavy atom. The molecule has 0 atom stereocenters. The van der Waals surface area contributed by atoms with Crippen molar-refractivity contribution in [1.82, 2.24) is 5.32 Å². The summed E-state index contributed by atoms with van der Waals surface area (Å²) in [5.74, 6) is 2.43. The van der Waals surface area contributed by atoms with E-state index in [1.807, 2.05) is 0 Å². The first kappa shape index (κ1) is 16.8. The minimum atomic E-state index is -0.238. The van der Waals surface area contributed by atoms with E-state index in [0.717, 1.165) is 18.6 Å². The highest BCUT2D eigenvalue weighted by molar-refractivity contribution is 7.99. The monoisotopic (exact) mass is 260 g/mol. The van der Waals surface area contributed by atoms with Gasteiger partial charge >= 0.3 is 0 Å². The van der Waals surface area contributed by atoms with Crippen molar-refractivity contribution in [2.24, 2.45) is 11.7 Å². The van der Waals surface area contributed by atoms with Crippen molar-refractivity contribution in [1.29, 1.82) is 0 Å². The van der Waals surface area contributed by atoms with Crippen LogP contribution in [-0.4, -0.2) is 29.5 Å². The molecule has 0 saturated heterocycles. The van der Waals surface area contributed by atoms with Gasteiger partial charge in [0.05, 0.1) is 5.75 Å². The molecule has 0 saturated carbocycles. The van der Waals surface area contributed by atoms with Crippen molar-refractivity contribution in [2.45, 2.75) is 52.5 Å². The molecule has 0 heterocycles. The maximum absolute atomic E-state index is 11.6. The third-order valence-corrected chi connectivity index (χ3v) is 4.11. The first-order valence-corrected chi connectivity index (χ1v) is 7.72. The van der Waals surface area contributed by atoms with Gasteiger partial charge in [0.2, 0.25) is 5.91 Å². The first-order chi connectivity index (χ1) is 7.93. The van der Waals surface area contributed by atoms with Crippen LogP contribution in [0, 0.1) is 5.92 Å². The Morgan fingerprint density at radius 2 is 1.94 bits per heavy atom. The zero-order valence-corrected chi connectivity index (χ0v) is 12.5. The van der Waals surface area contributed by atoms with Crippen molar-refractivity contribution in [3.8, 4) is 0 Å². The normalized spacial score (nSPS) is 11.9. The summed E-state index contributed by atoms with van der Waals surface area (Å²) in [6.45, 7) is 9.11. The van der Waals surface area contributed by atoms with Crippen LogP contribution in [0.4, 0.5) is 0 Å². The van der Waals surface area contributed by atoms with E-state index in [1.165, 1.54) is 6.42 Å². The Kier molecular flexibility index (Phi) is 8.70.